The molecular weight excluding hydrogens is 815 g/mol. The number of β-lactam (4-membered cyclic amide) rings is 1. The molecule has 10 nitrogen and oxygen atoms in total. The number of hydrogen-bond donors (Lipinski definition) is 2. The lowest BCUT2D eigenvalue weighted by atomic mass is 9.77. The fourth-order valence-corrected chi connectivity index (χ4v) is 9.73. The van der Waals surface area contributed by atoms with Gasteiger partial charge in [-0.1, -0.05) is 182 Å². The summed E-state index contributed by atoms with van der Waals surface area (Å²) in [7, 11) is 0. The van der Waals surface area contributed by atoms with Gasteiger partial charge in [0.05, 0.1) is 0 Å². The van der Waals surface area contributed by atoms with Crippen molar-refractivity contribution in [3.8, 4) is 0 Å². The number of rotatable bonds is 16. The van der Waals surface area contributed by atoms with Crippen molar-refractivity contribution in [2.45, 2.75) is 30.0 Å². The van der Waals surface area contributed by atoms with E-state index in [2.05, 4.69) is 58.8 Å². The topological polar surface area (TPSA) is 122 Å². The van der Waals surface area contributed by atoms with Gasteiger partial charge in [-0.3, -0.25) is 14.5 Å². The van der Waals surface area contributed by atoms with Crippen molar-refractivity contribution < 1.29 is 24.0 Å². The number of oxime groups is 1. The van der Waals surface area contributed by atoms with Crippen LogP contribution >= 0.6 is 23.1 Å². The van der Waals surface area contributed by atoms with E-state index >= 15 is 0 Å². The maximum absolute atomic E-state index is 14.3. The number of amides is 2. The molecule has 0 radical (unpaired) electrons. The number of allylic oxidation sites excluding steroid dienone is 2. The Balaban J connectivity index is 1.06. The van der Waals surface area contributed by atoms with Gasteiger partial charge >= 0.3 is 5.97 Å². The lowest BCUT2D eigenvalue weighted by Gasteiger charge is -2.49. The lowest BCUT2D eigenvalue weighted by molar-refractivity contribution is -0.154. The summed E-state index contributed by atoms with van der Waals surface area (Å²) in [6.45, 7) is 5.60. The molecule has 1 aromatic heterocycles. The fraction of sp³-hybridized carbons (Fsp3) is 0.140. The molecule has 0 bridgehead atoms. The van der Waals surface area contributed by atoms with Gasteiger partial charge in [0.15, 0.2) is 16.9 Å². The molecule has 1 unspecified atom stereocenters. The minimum atomic E-state index is -0.968. The first-order valence-electron chi connectivity index (χ1n) is 20.1. The highest BCUT2D eigenvalue weighted by Gasteiger charge is 2.55. The molecule has 2 atom stereocenters. The standard InChI is InChI=1S/C50H43N5O5S2/c1-3-20-36-32-61-47-42(46(57)55(47)43(36)48(58)60-44(34-21-10-5-11-22-34)35-23-12-6-13-24-35)52-45(56)41(54-59-31-4-2)40-33-62-49(51-40)53-50(37-25-14-7-15-26-37,38-27-16-8-17-28-38)39-29-18-9-19-30-39/h3-30,33,42,44,47H,2,31-32H2,1H3,(H,51,53)(H,52,56)/b20-3-,54-41-/t42?,47-/m0/s1. The van der Waals surface area contributed by atoms with E-state index in [9.17, 15) is 14.4 Å². The third-order valence-corrected chi connectivity index (χ3v) is 12.6. The van der Waals surface area contributed by atoms with Crippen LogP contribution in [0.2, 0.25) is 0 Å². The van der Waals surface area contributed by atoms with Gasteiger partial charge in [0.25, 0.3) is 11.8 Å². The molecule has 0 aliphatic carbocycles. The van der Waals surface area contributed by atoms with Crippen LogP contribution < -0.4 is 10.6 Å². The monoisotopic (exact) mass is 857 g/mol. The summed E-state index contributed by atoms with van der Waals surface area (Å²) in [5, 5.41) is 12.5. The summed E-state index contributed by atoms with van der Waals surface area (Å²) in [5.41, 5.74) is 4.60. The predicted octanol–water partition coefficient (Wildman–Crippen LogP) is 9.02. The highest BCUT2D eigenvalue weighted by atomic mass is 32.2. The number of nitrogens with zero attached hydrogens (tertiary/aromatic N) is 3. The quantitative estimate of drug-likeness (QED) is 0.0188. The van der Waals surface area contributed by atoms with E-state index in [0.717, 1.165) is 27.8 Å². The number of hydrogen-bond acceptors (Lipinski definition) is 10. The van der Waals surface area contributed by atoms with Gasteiger partial charge in [-0.05, 0) is 40.3 Å². The number of carbonyl (C=O) groups is 3. The zero-order chi connectivity index (χ0) is 42.9. The van der Waals surface area contributed by atoms with Crippen molar-refractivity contribution in [2.24, 2.45) is 5.16 Å². The second-order valence-corrected chi connectivity index (χ2v) is 16.3. The molecule has 3 heterocycles. The van der Waals surface area contributed by atoms with Crippen LogP contribution in [0.3, 0.4) is 0 Å². The van der Waals surface area contributed by atoms with Crippen LogP contribution in [0.4, 0.5) is 5.13 Å². The molecule has 1 saturated heterocycles. The predicted molar refractivity (Wildman–Crippen MR) is 245 cm³/mol. The molecule has 5 aromatic carbocycles. The Morgan fingerprint density at radius 1 is 0.855 bits per heavy atom. The minimum Gasteiger partial charge on any atom is -0.448 e. The van der Waals surface area contributed by atoms with Gasteiger partial charge in [0.2, 0.25) is 0 Å². The van der Waals surface area contributed by atoms with Gasteiger partial charge in [0, 0.05) is 11.1 Å². The van der Waals surface area contributed by atoms with E-state index in [-0.39, 0.29) is 23.7 Å². The third kappa shape index (κ3) is 8.47. The molecule has 62 heavy (non-hydrogen) atoms. The number of thioether (sulfide) groups is 1. The largest absolute Gasteiger partial charge is 0.448 e. The number of thiazole rings is 1. The highest BCUT2D eigenvalue weighted by molar-refractivity contribution is 8.00. The summed E-state index contributed by atoms with van der Waals surface area (Å²) in [6, 6.07) is 48.3. The van der Waals surface area contributed by atoms with Crippen molar-refractivity contribution >= 4 is 51.7 Å². The zero-order valence-corrected chi connectivity index (χ0v) is 35.4. The molecule has 12 heteroatoms. The molecule has 0 spiro atoms. The first kappa shape index (κ1) is 41.7. The van der Waals surface area contributed by atoms with Gasteiger partial charge in [-0.15, -0.1) is 23.1 Å². The van der Waals surface area contributed by atoms with E-state index in [1.165, 1.54) is 34.1 Å². The first-order chi connectivity index (χ1) is 30.4. The Morgan fingerprint density at radius 3 is 1.90 bits per heavy atom. The Hall–Kier alpha value is -7.02. The van der Waals surface area contributed by atoms with Crippen molar-refractivity contribution in [1.29, 1.82) is 0 Å². The van der Waals surface area contributed by atoms with Gasteiger partial charge in [0.1, 0.15) is 35.0 Å². The summed E-state index contributed by atoms with van der Waals surface area (Å²) in [5.74, 6) is -1.34. The van der Waals surface area contributed by atoms with E-state index in [0.29, 0.717) is 16.5 Å². The molecular formula is C50H43N5O5S2. The van der Waals surface area contributed by atoms with E-state index in [1.807, 2.05) is 134 Å². The van der Waals surface area contributed by atoms with Gasteiger partial charge in [-0.2, -0.15) is 0 Å². The average molecular weight is 858 g/mol. The van der Waals surface area contributed by atoms with Crippen LogP contribution in [0.15, 0.2) is 198 Å². The molecule has 6 aromatic rings. The molecule has 2 amide bonds. The van der Waals surface area contributed by atoms with Crippen molar-refractivity contribution in [3.63, 3.8) is 0 Å². The van der Waals surface area contributed by atoms with Crippen LogP contribution in [0.5, 0.6) is 0 Å². The normalized spacial score (nSPS) is 16.4. The van der Waals surface area contributed by atoms with E-state index in [1.54, 1.807) is 5.38 Å². The fourth-order valence-electron chi connectivity index (χ4n) is 7.66. The Morgan fingerprint density at radius 2 is 1.39 bits per heavy atom. The summed E-state index contributed by atoms with van der Waals surface area (Å²) < 4.78 is 6.25. The molecule has 1 fully saturated rings. The summed E-state index contributed by atoms with van der Waals surface area (Å²) in [6.07, 6.45) is 4.44. The SMILES string of the molecule is C=CCO/N=C(\C(=O)NC1C(=O)N2C(C(=O)OC(c3ccccc3)c3ccccc3)=C(/C=C\C)CS[C@@H]12)c1csc(NC(c2ccccc2)(c2ccccc2)c2ccccc2)n1. The smallest absolute Gasteiger partial charge is 0.356 e. The van der Waals surface area contributed by atoms with E-state index < -0.39 is 40.8 Å². The Bertz CT molecular complexity index is 2480. The second kappa shape index (κ2) is 19.1. The number of nitrogens with one attached hydrogen (secondary N) is 2. The van der Waals surface area contributed by atoms with Gasteiger partial charge in [-0.25, -0.2) is 9.78 Å². The number of fused-ring (bicyclic) bond motifs is 1. The maximum Gasteiger partial charge on any atom is 0.356 e. The number of carbonyl (C=O) groups excluding carboxylic acids is 3. The number of esters is 1. The third-order valence-electron chi connectivity index (χ3n) is 10.5. The number of benzene rings is 5. The first-order valence-corrected chi connectivity index (χ1v) is 22.0. The van der Waals surface area contributed by atoms with Crippen LogP contribution in [0, 0.1) is 0 Å². The minimum absolute atomic E-state index is 0.0384. The molecule has 2 N–H and O–H groups in total. The zero-order valence-electron chi connectivity index (χ0n) is 33.8. The van der Waals surface area contributed by atoms with E-state index in [4.69, 9.17) is 14.6 Å². The lowest BCUT2D eigenvalue weighted by Crippen LogP contribution is -2.71. The number of aromatic nitrogens is 1. The van der Waals surface area contributed by atoms with Crippen LogP contribution in [0.25, 0.3) is 0 Å². The average Bonchev–Trinajstić information content (AvgIpc) is 3.79. The Labute approximate surface area is 368 Å². The van der Waals surface area contributed by atoms with Crippen LogP contribution in [-0.2, 0) is 29.5 Å². The number of anilines is 1. The van der Waals surface area contributed by atoms with Crippen LogP contribution in [-0.4, -0.2) is 57.2 Å². The van der Waals surface area contributed by atoms with Crippen molar-refractivity contribution in [3.05, 3.63) is 227 Å². The molecule has 0 saturated carbocycles. The maximum atomic E-state index is 14.3. The van der Waals surface area contributed by atoms with Crippen molar-refractivity contribution in [2.75, 3.05) is 17.7 Å². The van der Waals surface area contributed by atoms with Gasteiger partial charge < -0.3 is 20.2 Å². The molecule has 310 valence electrons. The Kier molecular flexibility index (Phi) is 12.9. The summed E-state index contributed by atoms with van der Waals surface area (Å²) in [4.78, 5) is 54.5. The molecule has 8 rings (SSSR count). The molecule has 2 aliphatic heterocycles. The highest BCUT2D eigenvalue weighted by Crippen LogP contribution is 2.43. The van der Waals surface area contributed by atoms with Crippen LogP contribution in [0.1, 0.15) is 46.5 Å². The van der Waals surface area contributed by atoms with Crippen molar-refractivity contribution in [1.82, 2.24) is 15.2 Å². The molecule has 2 aliphatic rings. The second-order valence-electron chi connectivity index (χ2n) is 14.4. The number of ether oxygens (including phenoxy) is 1. The summed E-state index contributed by atoms with van der Waals surface area (Å²) >= 11 is 2.76.